The van der Waals surface area contributed by atoms with Crippen molar-refractivity contribution >= 4 is 45.3 Å². The lowest BCUT2D eigenvalue weighted by molar-refractivity contribution is -0.143. The van der Waals surface area contributed by atoms with Crippen molar-refractivity contribution in [2.24, 2.45) is 4.99 Å². The molecular formula is C27H25BrN2O7S. The molecule has 1 aliphatic heterocycles. The molecule has 9 nitrogen and oxygen atoms in total. The molecule has 2 heterocycles. The number of hydrogen-bond acceptors (Lipinski definition) is 8. The first kappa shape index (κ1) is 27.3. The molecule has 0 saturated carbocycles. The van der Waals surface area contributed by atoms with Gasteiger partial charge in [0.25, 0.3) is 5.56 Å². The number of thiazole rings is 1. The number of aliphatic carboxylic acids is 1. The van der Waals surface area contributed by atoms with Gasteiger partial charge in [0.05, 0.1) is 29.0 Å². The molecule has 0 spiro atoms. The van der Waals surface area contributed by atoms with Gasteiger partial charge in [0.2, 0.25) is 0 Å². The van der Waals surface area contributed by atoms with E-state index in [0.29, 0.717) is 37.7 Å². The van der Waals surface area contributed by atoms with Gasteiger partial charge in [0.1, 0.15) is 17.5 Å². The second-order valence-corrected chi connectivity index (χ2v) is 10.6. The van der Waals surface area contributed by atoms with E-state index in [1.165, 1.54) is 23.0 Å². The van der Waals surface area contributed by atoms with E-state index in [9.17, 15) is 14.4 Å². The fourth-order valence-corrected chi connectivity index (χ4v) is 5.49. The number of carboxylic acid groups (broad SMARTS) is 1. The van der Waals surface area contributed by atoms with Gasteiger partial charge < -0.3 is 19.3 Å². The summed E-state index contributed by atoms with van der Waals surface area (Å²) in [6, 6.07) is 11.3. The molecule has 0 bridgehead atoms. The number of benzene rings is 2. The number of halogens is 1. The summed E-state index contributed by atoms with van der Waals surface area (Å²) in [7, 11) is 1.53. The second-order valence-electron chi connectivity index (χ2n) is 8.68. The quantitative estimate of drug-likeness (QED) is 0.394. The number of fused-ring (bicyclic) bond motifs is 1. The highest BCUT2D eigenvalue weighted by Gasteiger charge is 2.35. The molecule has 4 rings (SSSR count). The zero-order chi connectivity index (χ0) is 27.6. The topological polar surface area (TPSA) is 116 Å². The Balaban J connectivity index is 1.91. The predicted octanol–water partition coefficient (Wildman–Crippen LogP) is 3.42. The Bertz CT molecular complexity index is 1620. The third-order valence-corrected chi connectivity index (χ3v) is 7.07. The normalized spacial score (nSPS) is 15.2. The summed E-state index contributed by atoms with van der Waals surface area (Å²) in [4.78, 5) is 43.0. The summed E-state index contributed by atoms with van der Waals surface area (Å²) in [6.07, 6.45) is 1.31. The van der Waals surface area contributed by atoms with Gasteiger partial charge in [-0.05, 0) is 62.7 Å². The zero-order valence-corrected chi connectivity index (χ0v) is 23.5. The van der Waals surface area contributed by atoms with Crippen molar-refractivity contribution in [2.75, 3.05) is 13.7 Å². The largest absolute Gasteiger partial charge is 0.496 e. The second kappa shape index (κ2) is 11.4. The summed E-state index contributed by atoms with van der Waals surface area (Å²) < 4.78 is 19.0. The van der Waals surface area contributed by atoms with Gasteiger partial charge >= 0.3 is 11.9 Å². The molecule has 2 aromatic carbocycles. The number of allylic oxidation sites excluding steroid dienone is 1. The summed E-state index contributed by atoms with van der Waals surface area (Å²) >= 11 is 4.67. The molecule has 0 fully saturated rings. The molecule has 0 radical (unpaired) electrons. The van der Waals surface area contributed by atoms with E-state index in [-0.39, 0.29) is 17.2 Å². The van der Waals surface area contributed by atoms with Crippen molar-refractivity contribution in [2.45, 2.75) is 32.9 Å². The number of methoxy groups -OCH3 is 1. The standard InChI is InChI=1S/C27H25BrN2O7S/c1-14(2)37-26(34)23-15(3)29-27-30(24(23)19-12-17(28)8-9-20(19)35-4)25(33)21(38-27)11-16-6-5-7-18(10-16)36-13-22(31)32/h5-12,14,24H,13H2,1-4H3,(H,31,32)/b21-11-/t24-/m1/s1. The first-order valence-electron chi connectivity index (χ1n) is 11.6. The van der Waals surface area contributed by atoms with Crippen LogP contribution in [0.15, 0.2) is 68.0 Å². The number of nitrogens with zero attached hydrogens (tertiary/aromatic N) is 2. The van der Waals surface area contributed by atoms with E-state index >= 15 is 0 Å². The summed E-state index contributed by atoms with van der Waals surface area (Å²) in [5, 5.41) is 8.88. The van der Waals surface area contributed by atoms with Crippen LogP contribution in [0.25, 0.3) is 6.08 Å². The van der Waals surface area contributed by atoms with Crippen LogP contribution >= 0.6 is 27.3 Å². The van der Waals surface area contributed by atoms with Crippen molar-refractivity contribution in [3.63, 3.8) is 0 Å². The number of hydrogen-bond donors (Lipinski definition) is 1. The summed E-state index contributed by atoms with van der Waals surface area (Å²) in [5.41, 5.74) is 1.59. The number of carbonyl (C=O) groups is 2. The van der Waals surface area contributed by atoms with Crippen LogP contribution in [0.1, 0.15) is 37.9 Å². The fraction of sp³-hybridized carbons (Fsp3) is 0.259. The molecule has 198 valence electrons. The molecule has 38 heavy (non-hydrogen) atoms. The molecule has 0 saturated heterocycles. The fourth-order valence-electron chi connectivity index (χ4n) is 4.06. The lowest BCUT2D eigenvalue weighted by Gasteiger charge is -2.26. The highest BCUT2D eigenvalue weighted by atomic mass is 79.9. The maximum atomic E-state index is 13.8. The average Bonchev–Trinajstić information content (AvgIpc) is 3.15. The number of rotatable bonds is 8. The Morgan fingerprint density at radius 1 is 1.24 bits per heavy atom. The molecule has 1 aliphatic rings. The van der Waals surface area contributed by atoms with Gasteiger partial charge in [-0.25, -0.2) is 14.6 Å². The van der Waals surface area contributed by atoms with Crippen molar-refractivity contribution in [3.05, 3.63) is 89.0 Å². The number of ether oxygens (including phenoxy) is 3. The first-order valence-corrected chi connectivity index (χ1v) is 13.2. The van der Waals surface area contributed by atoms with E-state index in [2.05, 4.69) is 20.9 Å². The molecule has 1 N–H and O–H groups in total. The van der Waals surface area contributed by atoms with Crippen LogP contribution in [0.2, 0.25) is 0 Å². The van der Waals surface area contributed by atoms with Crippen LogP contribution in [-0.2, 0) is 14.3 Å². The number of aromatic nitrogens is 1. The SMILES string of the molecule is COc1ccc(Br)cc1[C@@H]1C(C(=O)OC(C)C)=C(C)N=c2s/c(=C\c3cccc(OCC(=O)O)c3)c(=O)n21. The third kappa shape index (κ3) is 5.73. The third-order valence-electron chi connectivity index (χ3n) is 5.59. The Morgan fingerprint density at radius 3 is 2.68 bits per heavy atom. The minimum atomic E-state index is -1.09. The first-order chi connectivity index (χ1) is 18.1. The van der Waals surface area contributed by atoms with E-state index in [4.69, 9.17) is 19.3 Å². The van der Waals surface area contributed by atoms with Crippen LogP contribution in [0.3, 0.4) is 0 Å². The van der Waals surface area contributed by atoms with Gasteiger partial charge in [-0.3, -0.25) is 9.36 Å². The molecule has 1 aromatic heterocycles. The highest BCUT2D eigenvalue weighted by molar-refractivity contribution is 9.10. The monoisotopic (exact) mass is 600 g/mol. The van der Waals surface area contributed by atoms with Gasteiger partial charge in [-0.2, -0.15) is 0 Å². The molecule has 1 atom stereocenters. The van der Waals surface area contributed by atoms with Crippen LogP contribution in [0, 0.1) is 0 Å². The molecule has 11 heteroatoms. The molecule has 0 unspecified atom stereocenters. The molecule has 0 aliphatic carbocycles. The van der Waals surface area contributed by atoms with Gasteiger partial charge in [0, 0.05) is 10.0 Å². The van der Waals surface area contributed by atoms with Crippen molar-refractivity contribution in [1.82, 2.24) is 4.57 Å². The van der Waals surface area contributed by atoms with Crippen LogP contribution in [-0.4, -0.2) is 41.4 Å². The van der Waals surface area contributed by atoms with Gasteiger partial charge in [-0.15, -0.1) is 0 Å². The maximum absolute atomic E-state index is 13.8. The average molecular weight is 601 g/mol. The molecule has 3 aromatic rings. The Kier molecular flexibility index (Phi) is 8.17. The van der Waals surface area contributed by atoms with E-state index < -0.39 is 24.6 Å². The number of esters is 1. The van der Waals surface area contributed by atoms with Crippen molar-refractivity contribution in [3.8, 4) is 11.5 Å². The van der Waals surface area contributed by atoms with E-state index in [0.717, 1.165) is 4.47 Å². The minimum absolute atomic E-state index is 0.248. The van der Waals surface area contributed by atoms with Crippen LogP contribution in [0.5, 0.6) is 11.5 Å². The van der Waals surface area contributed by atoms with E-state index in [1.54, 1.807) is 57.2 Å². The lowest BCUT2D eigenvalue weighted by Crippen LogP contribution is -2.40. The maximum Gasteiger partial charge on any atom is 0.341 e. The Hall–Kier alpha value is -3.70. The highest BCUT2D eigenvalue weighted by Crippen LogP contribution is 2.37. The molecule has 0 amide bonds. The Morgan fingerprint density at radius 2 is 2.00 bits per heavy atom. The summed E-state index contributed by atoms with van der Waals surface area (Å²) in [5.74, 6) is -0.791. The lowest BCUT2D eigenvalue weighted by atomic mass is 9.95. The van der Waals surface area contributed by atoms with Crippen molar-refractivity contribution in [1.29, 1.82) is 0 Å². The van der Waals surface area contributed by atoms with Gasteiger partial charge in [0.15, 0.2) is 11.4 Å². The summed E-state index contributed by atoms with van der Waals surface area (Å²) in [6.45, 7) is 4.75. The predicted molar refractivity (Wildman–Crippen MR) is 145 cm³/mol. The zero-order valence-electron chi connectivity index (χ0n) is 21.1. The minimum Gasteiger partial charge on any atom is -0.496 e. The van der Waals surface area contributed by atoms with Crippen molar-refractivity contribution < 1.29 is 28.9 Å². The number of carbonyl (C=O) groups excluding carboxylic acids is 1. The molecular weight excluding hydrogens is 576 g/mol. The van der Waals surface area contributed by atoms with Crippen LogP contribution in [0.4, 0.5) is 0 Å². The number of carboxylic acids is 1. The van der Waals surface area contributed by atoms with E-state index in [1.807, 2.05) is 12.1 Å². The van der Waals surface area contributed by atoms with Gasteiger partial charge in [-0.1, -0.05) is 39.4 Å². The smallest absolute Gasteiger partial charge is 0.341 e. The van der Waals surface area contributed by atoms with Crippen LogP contribution < -0.4 is 24.4 Å². The Labute approximate surface area is 230 Å².